The Balaban J connectivity index is 1.35. The van der Waals surface area contributed by atoms with Crippen molar-refractivity contribution >= 4 is 11.3 Å². The van der Waals surface area contributed by atoms with Crippen LogP contribution in [-0.2, 0) is 19.5 Å². The van der Waals surface area contributed by atoms with Crippen LogP contribution in [0.25, 0.3) is 11.4 Å². The second-order valence-electron chi connectivity index (χ2n) is 7.46. The third-order valence-corrected chi connectivity index (χ3v) is 6.53. The highest BCUT2D eigenvalue weighted by atomic mass is 32.1. The Kier molecular flexibility index (Phi) is 4.80. The standard InChI is InChI=1S/C21H23N5OS/c27-20-16-12-22-8-7-17(16)24-19(25-20)15-5-3-14(4-6-15)13-26-10-1-2-18(26)21-23-9-11-28-21/h3-6,9,11,18,22H,1-2,7-8,10,12-13H2,(H,24,25,27)/t18-/m1/s1. The smallest absolute Gasteiger partial charge is 0.255 e. The minimum Gasteiger partial charge on any atom is -0.312 e. The summed E-state index contributed by atoms with van der Waals surface area (Å²) in [6.07, 6.45) is 5.10. The van der Waals surface area contributed by atoms with E-state index in [4.69, 9.17) is 4.98 Å². The van der Waals surface area contributed by atoms with Crippen molar-refractivity contribution in [1.29, 1.82) is 0 Å². The molecule has 0 bridgehead atoms. The SMILES string of the molecule is O=c1[nH]c(-c2ccc(CN3CCC[C@@H]3c3nccs3)cc2)nc2c1CNCC2. The van der Waals surface area contributed by atoms with Gasteiger partial charge in [-0.15, -0.1) is 11.3 Å². The zero-order valence-electron chi connectivity index (χ0n) is 15.6. The van der Waals surface area contributed by atoms with Crippen molar-refractivity contribution in [2.75, 3.05) is 13.1 Å². The quantitative estimate of drug-likeness (QED) is 0.713. The van der Waals surface area contributed by atoms with Crippen LogP contribution in [0.2, 0.25) is 0 Å². The third kappa shape index (κ3) is 3.41. The lowest BCUT2D eigenvalue weighted by Gasteiger charge is -2.22. The Morgan fingerprint density at radius 2 is 2.14 bits per heavy atom. The van der Waals surface area contributed by atoms with Crippen LogP contribution < -0.4 is 10.9 Å². The summed E-state index contributed by atoms with van der Waals surface area (Å²) < 4.78 is 0. The summed E-state index contributed by atoms with van der Waals surface area (Å²) in [4.78, 5) is 27.0. The van der Waals surface area contributed by atoms with Crippen LogP contribution in [0.4, 0.5) is 0 Å². The Hall–Kier alpha value is -2.35. The molecule has 6 nitrogen and oxygen atoms in total. The molecule has 7 heteroatoms. The summed E-state index contributed by atoms with van der Waals surface area (Å²) in [6.45, 7) is 3.51. The minimum atomic E-state index is -0.0281. The molecule has 0 spiro atoms. The van der Waals surface area contributed by atoms with Crippen molar-refractivity contribution in [1.82, 2.24) is 25.2 Å². The van der Waals surface area contributed by atoms with Crippen LogP contribution in [0.5, 0.6) is 0 Å². The molecule has 4 heterocycles. The molecule has 0 unspecified atom stereocenters. The lowest BCUT2D eigenvalue weighted by atomic mass is 10.1. The van der Waals surface area contributed by atoms with Crippen LogP contribution >= 0.6 is 11.3 Å². The molecule has 0 saturated carbocycles. The summed E-state index contributed by atoms with van der Waals surface area (Å²) in [5.41, 5.74) is 3.90. The van der Waals surface area contributed by atoms with E-state index in [1.165, 1.54) is 23.4 Å². The van der Waals surface area contributed by atoms with Crippen molar-refractivity contribution in [2.45, 2.75) is 38.4 Å². The molecular formula is C21H23N5OS. The van der Waals surface area contributed by atoms with Gasteiger partial charge in [0.25, 0.3) is 5.56 Å². The molecular weight excluding hydrogens is 370 g/mol. The molecule has 0 radical (unpaired) electrons. The minimum absolute atomic E-state index is 0.0281. The molecule has 2 aromatic heterocycles. The van der Waals surface area contributed by atoms with Gasteiger partial charge in [-0.1, -0.05) is 24.3 Å². The second kappa shape index (κ2) is 7.58. The van der Waals surface area contributed by atoms with Crippen LogP contribution in [0.3, 0.4) is 0 Å². The highest BCUT2D eigenvalue weighted by Crippen LogP contribution is 2.34. The number of H-pyrrole nitrogens is 1. The monoisotopic (exact) mass is 393 g/mol. The first-order chi connectivity index (χ1) is 13.8. The van der Waals surface area contributed by atoms with Gasteiger partial charge in [-0.25, -0.2) is 9.97 Å². The molecule has 0 aliphatic carbocycles. The largest absolute Gasteiger partial charge is 0.312 e. The Labute approximate surface area is 167 Å². The van der Waals surface area contributed by atoms with Gasteiger partial charge < -0.3 is 10.3 Å². The predicted molar refractivity (Wildman–Crippen MR) is 110 cm³/mol. The number of rotatable bonds is 4. The number of nitrogens with one attached hydrogen (secondary N) is 2. The first-order valence-electron chi connectivity index (χ1n) is 9.83. The fraction of sp³-hybridized carbons (Fsp3) is 0.381. The highest BCUT2D eigenvalue weighted by molar-refractivity contribution is 7.09. The first kappa shape index (κ1) is 17.7. The molecule has 1 aromatic carbocycles. The van der Waals surface area contributed by atoms with E-state index in [9.17, 15) is 4.79 Å². The molecule has 144 valence electrons. The number of hydrogen-bond donors (Lipinski definition) is 2. The number of fused-ring (bicyclic) bond motifs is 1. The molecule has 28 heavy (non-hydrogen) atoms. The van der Waals surface area contributed by atoms with Gasteiger partial charge in [0, 0.05) is 43.2 Å². The molecule has 3 aromatic rings. The zero-order chi connectivity index (χ0) is 18.9. The number of likely N-dealkylation sites (tertiary alicyclic amines) is 1. The van der Waals surface area contributed by atoms with Gasteiger partial charge in [-0.2, -0.15) is 0 Å². The molecule has 0 amide bonds. The van der Waals surface area contributed by atoms with Gasteiger partial charge >= 0.3 is 0 Å². The normalized spacial score (nSPS) is 19.6. The summed E-state index contributed by atoms with van der Waals surface area (Å²) in [5.74, 6) is 0.666. The van der Waals surface area contributed by atoms with Crippen molar-refractivity contribution in [3.8, 4) is 11.4 Å². The number of hydrogen-bond acceptors (Lipinski definition) is 6. The third-order valence-electron chi connectivity index (χ3n) is 5.65. The summed E-state index contributed by atoms with van der Waals surface area (Å²) in [7, 11) is 0. The van der Waals surface area contributed by atoms with Crippen LogP contribution in [-0.4, -0.2) is 32.9 Å². The van der Waals surface area contributed by atoms with Crippen LogP contribution in [0.15, 0.2) is 40.6 Å². The molecule has 2 N–H and O–H groups in total. The van der Waals surface area contributed by atoms with E-state index in [2.05, 4.69) is 49.8 Å². The molecule has 2 aliphatic heterocycles. The lowest BCUT2D eigenvalue weighted by Crippen LogP contribution is -2.31. The molecule has 5 rings (SSSR count). The maximum Gasteiger partial charge on any atom is 0.255 e. The molecule has 1 saturated heterocycles. The number of aromatic nitrogens is 3. The van der Waals surface area contributed by atoms with Gasteiger partial charge in [0.1, 0.15) is 10.8 Å². The average Bonchev–Trinajstić information content (AvgIpc) is 3.40. The van der Waals surface area contributed by atoms with Gasteiger partial charge in [-0.05, 0) is 24.9 Å². The Morgan fingerprint density at radius 3 is 2.96 bits per heavy atom. The first-order valence-corrected chi connectivity index (χ1v) is 10.7. The van der Waals surface area contributed by atoms with E-state index < -0.39 is 0 Å². The lowest BCUT2D eigenvalue weighted by molar-refractivity contribution is 0.248. The molecule has 1 fully saturated rings. The maximum absolute atomic E-state index is 12.4. The summed E-state index contributed by atoms with van der Waals surface area (Å²) in [5, 5.41) is 6.51. The van der Waals surface area contributed by atoms with Gasteiger partial charge in [-0.3, -0.25) is 9.69 Å². The molecule has 2 aliphatic rings. The van der Waals surface area contributed by atoms with Gasteiger partial charge in [0.2, 0.25) is 0 Å². The van der Waals surface area contributed by atoms with E-state index in [0.717, 1.165) is 42.9 Å². The van der Waals surface area contributed by atoms with Crippen LogP contribution in [0, 0.1) is 0 Å². The van der Waals surface area contributed by atoms with Crippen molar-refractivity contribution in [3.63, 3.8) is 0 Å². The van der Waals surface area contributed by atoms with Crippen molar-refractivity contribution in [2.24, 2.45) is 0 Å². The van der Waals surface area contributed by atoms with E-state index in [-0.39, 0.29) is 5.56 Å². The number of benzene rings is 1. The zero-order valence-corrected chi connectivity index (χ0v) is 16.5. The predicted octanol–water partition coefficient (Wildman–Crippen LogP) is 2.88. The van der Waals surface area contributed by atoms with Crippen LogP contribution in [0.1, 0.15) is 40.7 Å². The Morgan fingerprint density at radius 1 is 1.25 bits per heavy atom. The highest BCUT2D eigenvalue weighted by Gasteiger charge is 2.27. The van der Waals surface area contributed by atoms with E-state index in [1.54, 1.807) is 11.3 Å². The van der Waals surface area contributed by atoms with Gasteiger partial charge in [0.05, 0.1) is 17.3 Å². The maximum atomic E-state index is 12.4. The van der Waals surface area contributed by atoms with Gasteiger partial charge in [0.15, 0.2) is 0 Å². The second-order valence-corrected chi connectivity index (χ2v) is 8.39. The van der Waals surface area contributed by atoms with E-state index in [1.807, 2.05) is 6.20 Å². The fourth-order valence-electron chi connectivity index (χ4n) is 4.19. The average molecular weight is 394 g/mol. The van der Waals surface area contributed by atoms with Crippen molar-refractivity contribution < 1.29 is 0 Å². The van der Waals surface area contributed by atoms with Crippen molar-refractivity contribution in [3.05, 3.63) is 68.0 Å². The number of aromatic amines is 1. The topological polar surface area (TPSA) is 73.9 Å². The number of thiazole rings is 1. The summed E-state index contributed by atoms with van der Waals surface area (Å²) in [6, 6.07) is 8.86. The molecule has 1 atom stereocenters. The van der Waals surface area contributed by atoms with E-state index in [0.29, 0.717) is 18.4 Å². The summed E-state index contributed by atoms with van der Waals surface area (Å²) >= 11 is 1.75. The van der Waals surface area contributed by atoms with E-state index >= 15 is 0 Å². The Bertz CT molecular complexity index is 1010. The fourth-order valence-corrected chi connectivity index (χ4v) is 4.99. The number of nitrogens with zero attached hydrogens (tertiary/aromatic N) is 3.